The first kappa shape index (κ1) is 16.9. The monoisotopic (exact) mass is 383 g/mol. The van der Waals surface area contributed by atoms with Crippen molar-refractivity contribution in [3.8, 4) is 0 Å². The Kier molecular flexibility index (Phi) is 6.62. The number of nitrogens with one attached hydrogen (secondary N) is 1. The van der Waals surface area contributed by atoms with Crippen molar-refractivity contribution in [2.24, 2.45) is 5.92 Å². The summed E-state index contributed by atoms with van der Waals surface area (Å²) in [6, 6.07) is 14.4. The Morgan fingerprint density at radius 3 is 2.57 bits per heavy atom. The Morgan fingerprint density at radius 1 is 1.14 bits per heavy atom. The van der Waals surface area contributed by atoms with Gasteiger partial charge < -0.3 is 5.32 Å². The number of hydrogen-bond donors (Lipinski definition) is 1. The van der Waals surface area contributed by atoms with Crippen molar-refractivity contribution < 1.29 is 0 Å². The molecule has 1 nitrogen and oxygen atoms in total. The molecule has 0 bridgehead atoms. The van der Waals surface area contributed by atoms with E-state index in [0.717, 1.165) is 27.5 Å². The van der Waals surface area contributed by atoms with E-state index in [1.54, 1.807) is 11.8 Å². The molecule has 2 aromatic carbocycles. The summed E-state index contributed by atoms with van der Waals surface area (Å²) in [5, 5.41) is 4.24. The molecule has 21 heavy (non-hydrogen) atoms. The Bertz CT molecular complexity index is 601. The standard InChI is InChI=1S/C17H19BrClNS/c1-12(2)10-20-11-13-6-7-16(9-17(13)18)21-15-5-3-4-14(19)8-15/h3-9,12,20H,10-11H2,1-2H3. The van der Waals surface area contributed by atoms with Crippen molar-refractivity contribution in [1.29, 1.82) is 0 Å². The fourth-order valence-corrected chi connectivity index (χ4v) is 3.74. The molecule has 2 aromatic rings. The fourth-order valence-electron chi connectivity index (χ4n) is 1.90. The van der Waals surface area contributed by atoms with Crippen molar-refractivity contribution in [3.05, 3.63) is 57.5 Å². The van der Waals surface area contributed by atoms with Crippen LogP contribution in [-0.2, 0) is 6.54 Å². The van der Waals surface area contributed by atoms with Crippen molar-refractivity contribution in [3.63, 3.8) is 0 Å². The summed E-state index contributed by atoms with van der Waals surface area (Å²) in [7, 11) is 0. The molecule has 0 radical (unpaired) electrons. The lowest BCUT2D eigenvalue weighted by Crippen LogP contribution is -2.19. The normalized spacial score (nSPS) is 11.1. The number of rotatable bonds is 6. The molecule has 0 aliphatic carbocycles. The van der Waals surface area contributed by atoms with E-state index in [1.807, 2.05) is 18.2 Å². The highest BCUT2D eigenvalue weighted by atomic mass is 79.9. The van der Waals surface area contributed by atoms with E-state index in [2.05, 4.69) is 59.4 Å². The third-order valence-electron chi connectivity index (χ3n) is 2.92. The molecule has 0 amide bonds. The maximum Gasteiger partial charge on any atom is 0.0417 e. The first-order valence-electron chi connectivity index (χ1n) is 6.97. The first-order valence-corrected chi connectivity index (χ1v) is 8.96. The van der Waals surface area contributed by atoms with E-state index in [4.69, 9.17) is 11.6 Å². The van der Waals surface area contributed by atoms with Crippen molar-refractivity contribution >= 4 is 39.3 Å². The summed E-state index contributed by atoms with van der Waals surface area (Å²) < 4.78 is 1.14. The van der Waals surface area contributed by atoms with Gasteiger partial charge in [0.05, 0.1) is 0 Å². The van der Waals surface area contributed by atoms with Crippen LogP contribution in [0.4, 0.5) is 0 Å². The number of hydrogen-bond acceptors (Lipinski definition) is 2. The maximum absolute atomic E-state index is 6.02. The van der Waals surface area contributed by atoms with Gasteiger partial charge >= 0.3 is 0 Å². The van der Waals surface area contributed by atoms with Crippen LogP contribution in [0.15, 0.2) is 56.7 Å². The van der Waals surface area contributed by atoms with Gasteiger partial charge in [0.1, 0.15) is 0 Å². The largest absolute Gasteiger partial charge is 0.312 e. The van der Waals surface area contributed by atoms with Gasteiger partial charge in [-0.05, 0) is 48.4 Å². The lowest BCUT2D eigenvalue weighted by Gasteiger charge is -2.10. The third kappa shape index (κ3) is 5.67. The number of benzene rings is 2. The van der Waals surface area contributed by atoms with E-state index in [-0.39, 0.29) is 0 Å². The highest BCUT2D eigenvalue weighted by Crippen LogP contribution is 2.32. The van der Waals surface area contributed by atoms with Crippen molar-refractivity contribution in [1.82, 2.24) is 5.32 Å². The van der Waals surface area contributed by atoms with E-state index in [0.29, 0.717) is 5.92 Å². The molecule has 0 saturated heterocycles. The predicted octanol–water partition coefficient (Wildman–Crippen LogP) is 6.00. The molecule has 0 heterocycles. The van der Waals surface area contributed by atoms with Gasteiger partial charge in [-0.15, -0.1) is 0 Å². The van der Waals surface area contributed by atoms with Crippen LogP contribution in [0.3, 0.4) is 0 Å². The minimum Gasteiger partial charge on any atom is -0.312 e. The Balaban J connectivity index is 2.01. The molecule has 4 heteroatoms. The molecule has 112 valence electrons. The third-order valence-corrected chi connectivity index (χ3v) is 4.88. The van der Waals surface area contributed by atoms with Gasteiger partial charge in [-0.2, -0.15) is 0 Å². The van der Waals surface area contributed by atoms with Crippen LogP contribution in [0.5, 0.6) is 0 Å². The van der Waals surface area contributed by atoms with E-state index >= 15 is 0 Å². The zero-order valence-corrected chi connectivity index (χ0v) is 15.4. The zero-order chi connectivity index (χ0) is 15.2. The smallest absolute Gasteiger partial charge is 0.0417 e. The van der Waals surface area contributed by atoms with Gasteiger partial charge in [-0.1, -0.05) is 65.3 Å². The average Bonchev–Trinajstić information content (AvgIpc) is 2.41. The molecule has 0 aliphatic rings. The summed E-state index contributed by atoms with van der Waals surface area (Å²) in [5.74, 6) is 0.668. The summed E-state index contributed by atoms with van der Waals surface area (Å²) in [5.41, 5.74) is 1.28. The van der Waals surface area contributed by atoms with Crippen LogP contribution in [0.2, 0.25) is 5.02 Å². The topological polar surface area (TPSA) is 12.0 Å². The maximum atomic E-state index is 6.02. The summed E-state index contributed by atoms with van der Waals surface area (Å²) in [4.78, 5) is 2.36. The molecule has 0 atom stereocenters. The molecular weight excluding hydrogens is 366 g/mol. The lowest BCUT2D eigenvalue weighted by molar-refractivity contribution is 0.551. The Morgan fingerprint density at radius 2 is 1.90 bits per heavy atom. The predicted molar refractivity (Wildman–Crippen MR) is 96.3 cm³/mol. The second-order valence-corrected chi connectivity index (χ2v) is 7.78. The highest BCUT2D eigenvalue weighted by molar-refractivity contribution is 9.10. The van der Waals surface area contributed by atoms with Gasteiger partial charge in [0.2, 0.25) is 0 Å². The SMILES string of the molecule is CC(C)CNCc1ccc(Sc2cccc(Cl)c2)cc1Br. The van der Waals surface area contributed by atoms with Gasteiger partial charge in [0.15, 0.2) is 0 Å². The molecule has 0 aromatic heterocycles. The minimum absolute atomic E-state index is 0.668. The summed E-state index contributed by atoms with van der Waals surface area (Å²) >= 11 is 11.4. The van der Waals surface area contributed by atoms with Crippen LogP contribution in [0.25, 0.3) is 0 Å². The van der Waals surface area contributed by atoms with Crippen LogP contribution in [0, 0.1) is 5.92 Å². The fraction of sp³-hybridized carbons (Fsp3) is 0.294. The minimum atomic E-state index is 0.668. The van der Waals surface area contributed by atoms with Crippen LogP contribution in [0.1, 0.15) is 19.4 Å². The van der Waals surface area contributed by atoms with Gasteiger partial charge in [-0.25, -0.2) is 0 Å². The van der Waals surface area contributed by atoms with Gasteiger partial charge in [0, 0.05) is 25.8 Å². The van der Waals surface area contributed by atoms with E-state index < -0.39 is 0 Å². The van der Waals surface area contributed by atoms with E-state index in [9.17, 15) is 0 Å². The second-order valence-electron chi connectivity index (χ2n) is 5.34. The summed E-state index contributed by atoms with van der Waals surface area (Å²) in [6.07, 6.45) is 0. The van der Waals surface area contributed by atoms with Gasteiger partial charge in [0.25, 0.3) is 0 Å². The molecular formula is C17H19BrClNS. The highest BCUT2D eigenvalue weighted by Gasteiger charge is 2.04. The van der Waals surface area contributed by atoms with Crippen LogP contribution < -0.4 is 5.32 Å². The quantitative estimate of drug-likeness (QED) is 0.655. The molecule has 1 N–H and O–H groups in total. The van der Waals surface area contributed by atoms with Crippen molar-refractivity contribution in [2.45, 2.75) is 30.2 Å². The average molecular weight is 385 g/mol. The van der Waals surface area contributed by atoms with Gasteiger partial charge in [-0.3, -0.25) is 0 Å². The lowest BCUT2D eigenvalue weighted by atomic mass is 10.2. The van der Waals surface area contributed by atoms with Crippen LogP contribution >= 0.6 is 39.3 Å². The first-order chi connectivity index (χ1) is 10.0. The zero-order valence-electron chi connectivity index (χ0n) is 12.2. The Labute approximate surface area is 144 Å². The Hall–Kier alpha value is -0.480. The van der Waals surface area contributed by atoms with Crippen molar-refractivity contribution in [2.75, 3.05) is 6.54 Å². The number of halogens is 2. The summed E-state index contributed by atoms with van der Waals surface area (Å²) in [6.45, 7) is 6.35. The van der Waals surface area contributed by atoms with Crippen LogP contribution in [-0.4, -0.2) is 6.54 Å². The molecule has 2 rings (SSSR count). The molecule has 0 unspecified atom stereocenters. The molecule has 0 aliphatic heterocycles. The molecule has 0 saturated carbocycles. The molecule has 0 spiro atoms. The second kappa shape index (κ2) is 8.23. The molecule has 0 fully saturated rings. The van der Waals surface area contributed by atoms with E-state index in [1.165, 1.54) is 10.5 Å².